The van der Waals surface area contributed by atoms with E-state index in [-0.39, 0.29) is 6.10 Å². The van der Waals surface area contributed by atoms with Crippen molar-refractivity contribution in [2.24, 2.45) is 0 Å². The van der Waals surface area contributed by atoms with Crippen molar-refractivity contribution in [3.05, 3.63) is 66.0 Å². The average molecular weight is 280 g/mol. The second-order valence-corrected chi connectivity index (χ2v) is 5.40. The molecule has 3 rings (SSSR count). The highest BCUT2D eigenvalue weighted by atomic mass is 16.3. The first kappa shape index (κ1) is 13.8. The lowest BCUT2D eigenvalue weighted by Crippen LogP contribution is -2.13. The van der Waals surface area contributed by atoms with Crippen LogP contribution in [-0.4, -0.2) is 21.0 Å². The maximum absolute atomic E-state index is 10.4. The van der Waals surface area contributed by atoms with Crippen LogP contribution in [0.4, 0.5) is 0 Å². The maximum atomic E-state index is 10.4. The van der Waals surface area contributed by atoms with E-state index in [1.807, 2.05) is 29.2 Å². The molecule has 1 N–H and O–H groups in total. The number of hydrogen-bond donors (Lipinski definition) is 1. The van der Waals surface area contributed by atoms with Crippen LogP contribution < -0.4 is 0 Å². The van der Waals surface area contributed by atoms with E-state index in [0.29, 0.717) is 12.8 Å². The number of rotatable bonds is 5. The normalized spacial score (nSPS) is 12.7. The zero-order chi connectivity index (χ0) is 14.7. The van der Waals surface area contributed by atoms with Crippen LogP contribution >= 0.6 is 0 Å². The van der Waals surface area contributed by atoms with Gasteiger partial charge in [-0.1, -0.05) is 42.5 Å². The monoisotopic (exact) mass is 280 g/mol. The molecular weight excluding hydrogens is 260 g/mol. The number of aliphatic hydroxyl groups is 1. The Morgan fingerprint density at radius 3 is 2.71 bits per heavy atom. The highest BCUT2D eigenvalue weighted by Gasteiger charge is 2.10. The molecule has 1 heterocycles. The molecule has 0 radical (unpaired) electrons. The van der Waals surface area contributed by atoms with Crippen LogP contribution in [0.15, 0.2) is 54.9 Å². The molecule has 0 amide bonds. The van der Waals surface area contributed by atoms with Crippen LogP contribution in [0.1, 0.15) is 18.1 Å². The van der Waals surface area contributed by atoms with Crippen molar-refractivity contribution in [2.45, 2.75) is 32.4 Å². The molecule has 2 aromatic carbocycles. The minimum Gasteiger partial charge on any atom is -0.392 e. The van der Waals surface area contributed by atoms with E-state index in [1.54, 1.807) is 0 Å². The van der Waals surface area contributed by atoms with Crippen molar-refractivity contribution in [3.8, 4) is 0 Å². The Labute approximate surface area is 124 Å². The Morgan fingerprint density at radius 1 is 1.10 bits per heavy atom. The molecule has 3 heteroatoms. The van der Waals surface area contributed by atoms with Gasteiger partial charge in [-0.2, -0.15) is 5.10 Å². The van der Waals surface area contributed by atoms with Gasteiger partial charge >= 0.3 is 0 Å². The summed E-state index contributed by atoms with van der Waals surface area (Å²) < 4.78 is 1.89. The van der Waals surface area contributed by atoms with Gasteiger partial charge < -0.3 is 5.11 Å². The van der Waals surface area contributed by atoms with Gasteiger partial charge in [-0.3, -0.25) is 4.68 Å². The van der Waals surface area contributed by atoms with Crippen LogP contribution in [0.5, 0.6) is 0 Å². The number of hydrogen-bond acceptors (Lipinski definition) is 2. The minimum atomic E-state index is -0.384. The molecule has 1 atom stereocenters. The average Bonchev–Trinajstić information content (AvgIpc) is 2.95. The van der Waals surface area contributed by atoms with E-state index >= 15 is 0 Å². The second kappa shape index (κ2) is 6.10. The predicted octanol–water partition coefficient (Wildman–Crippen LogP) is 3.20. The molecule has 1 unspecified atom stereocenters. The lowest BCUT2D eigenvalue weighted by molar-refractivity contribution is 0.176. The Kier molecular flexibility index (Phi) is 4.02. The third-order valence-electron chi connectivity index (χ3n) is 3.82. The number of aryl methyl sites for hydroxylation is 1. The van der Waals surface area contributed by atoms with Crippen LogP contribution in [0.25, 0.3) is 10.8 Å². The van der Waals surface area contributed by atoms with E-state index in [4.69, 9.17) is 0 Å². The third kappa shape index (κ3) is 3.14. The first-order valence-electron chi connectivity index (χ1n) is 7.42. The smallest absolute Gasteiger partial charge is 0.0622 e. The van der Waals surface area contributed by atoms with Crippen LogP contribution in [0, 0.1) is 0 Å². The number of aliphatic hydroxyl groups excluding tert-OH is 1. The highest BCUT2D eigenvalue weighted by Crippen LogP contribution is 2.20. The second-order valence-electron chi connectivity index (χ2n) is 5.40. The molecule has 3 nitrogen and oxygen atoms in total. The van der Waals surface area contributed by atoms with Gasteiger partial charge in [0, 0.05) is 19.2 Å². The van der Waals surface area contributed by atoms with Gasteiger partial charge in [0.2, 0.25) is 0 Å². The van der Waals surface area contributed by atoms with E-state index in [2.05, 4.69) is 42.4 Å². The van der Waals surface area contributed by atoms with Gasteiger partial charge in [-0.05, 0) is 35.2 Å². The molecule has 0 fully saturated rings. The molecule has 3 aromatic rings. The summed E-state index contributed by atoms with van der Waals surface area (Å²) in [5.41, 5.74) is 2.29. The third-order valence-corrected chi connectivity index (χ3v) is 3.82. The maximum Gasteiger partial charge on any atom is 0.0622 e. The van der Waals surface area contributed by atoms with Crippen molar-refractivity contribution < 1.29 is 5.11 Å². The molecule has 21 heavy (non-hydrogen) atoms. The zero-order valence-corrected chi connectivity index (χ0v) is 12.2. The Bertz CT molecular complexity index is 727. The summed E-state index contributed by atoms with van der Waals surface area (Å²) in [6.07, 6.45) is 4.77. The van der Waals surface area contributed by atoms with Crippen molar-refractivity contribution >= 4 is 10.8 Å². The van der Waals surface area contributed by atoms with Gasteiger partial charge in [0.1, 0.15) is 0 Å². The fraction of sp³-hybridized carbons (Fsp3) is 0.278. The van der Waals surface area contributed by atoms with Gasteiger partial charge in [-0.15, -0.1) is 0 Å². The lowest BCUT2D eigenvalue weighted by Gasteiger charge is -2.11. The topological polar surface area (TPSA) is 38.0 Å². The summed E-state index contributed by atoms with van der Waals surface area (Å²) >= 11 is 0. The number of aromatic nitrogens is 2. The largest absolute Gasteiger partial charge is 0.392 e. The van der Waals surface area contributed by atoms with Crippen molar-refractivity contribution in [1.29, 1.82) is 0 Å². The Balaban J connectivity index is 1.75. The van der Waals surface area contributed by atoms with Gasteiger partial charge in [0.15, 0.2) is 0 Å². The highest BCUT2D eigenvalue weighted by molar-refractivity contribution is 5.85. The van der Waals surface area contributed by atoms with Crippen LogP contribution in [0.3, 0.4) is 0 Å². The van der Waals surface area contributed by atoms with Crippen LogP contribution in [-0.2, 0) is 19.4 Å². The van der Waals surface area contributed by atoms with E-state index in [1.165, 1.54) is 16.3 Å². The number of benzene rings is 2. The Morgan fingerprint density at radius 2 is 1.90 bits per heavy atom. The lowest BCUT2D eigenvalue weighted by atomic mass is 9.98. The van der Waals surface area contributed by atoms with Crippen molar-refractivity contribution in [1.82, 2.24) is 9.78 Å². The van der Waals surface area contributed by atoms with Gasteiger partial charge in [-0.25, -0.2) is 0 Å². The standard InChI is InChI=1S/C18H20N2O/c1-2-20-13-14(12-19-20)10-17(21)11-16-8-5-7-15-6-3-4-9-18(15)16/h3-9,12-13,17,21H,2,10-11H2,1H3. The van der Waals surface area contributed by atoms with Crippen molar-refractivity contribution in [3.63, 3.8) is 0 Å². The molecule has 1 aromatic heterocycles. The number of nitrogens with zero attached hydrogens (tertiary/aromatic N) is 2. The molecule has 0 saturated heterocycles. The minimum absolute atomic E-state index is 0.384. The van der Waals surface area contributed by atoms with Gasteiger partial charge in [0.25, 0.3) is 0 Å². The molecule has 0 aliphatic heterocycles. The Hall–Kier alpha value is -2.13. The summed E-state index contributed by atoms with van der Waals surface area (Å²) in [6, 6.07) is 14.6. The molecule has 0 spiro atoms. The van der Waals surface area contributed by atoms with Crippen LogP contribution in [0.2, 0.25) is 0 Å². The van der Waals surface area contributed by atoms with E-state index in [0.717, 1.165) is 12.1 Å². The van der Waals surface area contributed by atoms with E-state index in [9.17, 15) is 5.11 Å². The first-order valence-corrected chi connectivity index (χ1v) is 7.42. The summed E-state index contributed by atoms with van der Waals surface area (Å²) in [4.78, 5) is 0. The fourth-order valence-corrected chi connectivity index (χ4v) is 2.75. The first-order chi connectivity index (χ1) is 10.3. The zero-order valence-electron chi connectivity index (χ0n) is 12.2. The predicted molar refractivity (Wildman–Crippen MR) is 85.3 cm³/mol. The molecule has 0 saturated carbocycles. The van der Waals surface area contributed by atoms with E-state index < -0.39 is 0 Å². The molecule has 0 aliphatic rings. The molecule has 0 bridgehead atoms. The summed E-state index contributed by atoms with van der Waals surface area (Å²) in [6.45, 7) is 2.92. The fourth-order valence-electron chi connectivity index (χ4n) is 2.75. The quantitative estimate of drug-likeness (QED) is 0.779. The molecular formula is C18H20N2O. The SMILES string of the molecule is CCn1cc(CC(O)Cc2cccc3ccccc23)cn1. The molecule has 108 valence electrons. The summed E-state index contributed by atoms with van der Waals surface area (Å²) in [7, 11) is 0. The van der Waals surface area contributed by atoms with Gasteiger partial charge in [0.05, 0.1) is 12.3 Å². The molecule has 0 aliphatic carbocycles. The van der Waals surface area contributed by atoms with Crippen molar-refractivity contribution in [2.75, 3.05) is 0 Å². The summed E-state index contributed by atoms with van der Waals surface area (Å²) in [5, 5.41) is 17.1. The number of fused-ring (bicyclic) bond motifs is 1. The summed E-state index contributed by atoms with van der Waals surface area (Å²) in [5.74, 6) is 0.